The number of fused-ring (bicyclic) bond motifs is 1. The van der Waals surface area contributed by atoms with Crippen molar-refractivity contribution < 1.29 is 4.74 Å². The van der Waals surface area contributed by atoms with Crippen LogP contribution in [0, 0.1) is 0 Å². The van der Waals surface area contributed by atoms with Gasteiger partial charge < -0.3 is 10.1 Å². The Morgan fingerprint density at radius 1 is 1.05 bits per heavy atom. The first kappa shape index (κ1) is 14.3. The summed E-state index contributed by atoms with van der Waals surface area (Å²) in [6.07, 6.45) is 9.52. The number of benzene rings is 1. The molecule has 0 spiro atoms. The number of aromatic nitrogens is 1. The molecule has 0 bridgehead atoms. The molecule has 1 heterocycles. The van der Waals surface area contributed by atoms with Crippen LogP contribution in [0.1, 0.15) is 38.5 Å². The Kier molecular flexibility index (Phi) is 5.06. The maximum absolute atomic E-state index is 5.90. The quantitative estimate of drug-likeness (QED) is 0.709. The van der Waals surface area contributed by atoms with Crippen molar-refractivity contribution in [1.29, 1.82) is 0 Å². The summed E-state index contributed by atoms with van der Waals surface area (Å²) >= 11 is 0. The lowest BCUT2D eigenvalue weighted by Gasteiger charge is -2.08. The molecular weight excluding hydrogens is 260 g/mol. The van der Waals surface area contributed by atoms with Gasteiger partial charge in [0.2, 0.25) is 0 Å². The average molecular weight is 284 g/mol. The van der Waals surface area contributed by atoms with Crippen molar-refractivity contribution in [3.05, 3.63) is 36.5 Å². The molecule has 3 heteroatoms. The Morgan fingerprint density at radius 2 is 1.90 bits per heavy atom. The topological polar surface area (TPSA) is 34.1 Å². The summed E-state index contributed by atoms with van der Waals surface area (Å²) in [6.45, 7) is 1.96. The predicted octanol–water partition coefficient (Wildman–Crippen LogP) is 3.93. The number of ether oxygens (including phenoxy) is 1. The van der Waals surface area contributed by atoms with E-state index in [0.717, 1.165) is 35.7 Å². The van der Waals surface area contributed by atoms with Gasteiger partial charge >= 0.3 is 0 Å². The molecule has 0 atom stereocenters. The molecular formula is C18H24N2O. The van der Waals surface area contributed by atoms with Crippen molar-refractivity contribution in [2.75, 3.05) is 13.2 Å². The summed E-state index contributed by atoms with van der Waals surface area (Å²) in [4.78, 5) is 4.41. The van der Waals surface area contributed by atoms with E-state index in [1.165, 1.54) is 38.6 Å². The van der Waals surface area contributed by atoms with Gasteiger partial charge in [-0.2, -0.15) is 0 Å². The van der Waals surface area contributed by atoms with Crippen molar-refractivity contribution in [2.24, 2.45) is 0 Å². The van der Waals surface area contributed by atoms with Gasteiger partial charge in [0.25, 0.3) is 0 Å². The Labute approximate surface area is 126 Å². The third-order valence-electron chi connectivity index (χ3n) is 3.93. The van der Waals surface area contributed by atoms with Crippen LogP contribution >= 0.6 is 0 Å². The molecule has 1 N–H and O–H groups in total. The molecule has 1 aromatic carbocycles. The van der Waals surface area contributed by atoms with Crippen LogP contribution in [0.3, 0.4) is 0 Å². The molecule has 0 radical (unpaired) electrons. The molecule has 0 unspecified atom stereocenters. The lowest BCUT2D eigenvalue weighted by atomic mass is 10.2. The second-order valence-electron chi connectivity index (χ2n) is 5.82. The zero-order valence-corrected chi connectivity index (χ0v) is 12.6. The molecule has 1 aliphatic rings. The van der Waals surface area contributed by atoms with Crippen molar-refractivity contribution in [2.45, 2.75) is 44.6 Å². The molecule has 0 aliphatic heterocycles. The summed E-state index contributed by atoms with van der Waals surface area (Å²) in [6, 6.07) is 11.0. The molecule has 0 saturated heterocycles. The summed E-state index contributed by atoms with van der Waals surface area (Å²) in [5.41, 5.74) is 0.966. The van der Waals surface area contributed by atoms with E-state index in [9.17, 15) is 0 Å². The van der Waals surface area contributed by atoms with Gasteiger partial charge in [-0.15, -0.1) is 0 Å². The van der Waals surface area contributed by atoms with Crippen molar-refractivity contribution in [3.63, 3.8) is 0 Å². The lowest BCUT2D eigenvalue weighted by molar-refractivity contribution is 0.307. The summed E-state index contributed by atoms with van der Waals surface area (Å²) in [5, 5.41) is 4.69. The first-order valence-electron chi connectivity index (χ1n) is 8.13. The van der Waals surface area contributed by atoms with Crippen LogP contribution in [0.15, 0.2) is 36.5 Å². The van der Waals surface area contributed by atoms with Crippen LogP contribution in [-0.4, -0.2) is 24.2 Å². The number of hydrogen-bond donors (Lipinski definition) is 1. The summed E-state index contributed by atoms with van der Waals surface area (Å²) < 4.78 is 5.90. The molecule has 3 nitrogen and oxygen atoms in total. The highest BCUT2D eigenvalue weighted by molar-refractivity contribution is 5.84. The van der Waals surface area contributed by atoms with E-state index in [1.54, 1.807) is 0 Å². The maximum Gasteiger partial charge on any atom is 0.145 e. The number of rotatable bonds is 9. The largest absolute Gasteiger partial charge is 0.491 e. The Morgan fingerprint density at radius 3 is 2.81 bits per heavy atom. The van der Waals surface area contributed by atoms with Crippen molar-refractivity contribution in [3.8, 4) is 5.75 Å². The fraction of sp³-hybridized carbons (Fsp3) is 0.500. The summed E-state index contributed by atoms with van der Waals surface area (Å²) in [5.74, 6) is 0.906. The molecule has 0 amide bonds. The minimum Gasteiger partial charge on any atom is -0.491 e. The van der Waals surface area contributed by atoms with E-state index in [2.05, 4.69) is 22.4 Å². The molecule has 3 rings (SSSR count). The Hall–Kier alpha value is -1.61. The molecule has 2 aromatic rings. The van der Waals surface area contributed by atoms with Crippen molar-refractivity contribution >= 4 is 10.9 Å². The number of nitrogens with one attached hydrogen (secondary N) is 1. The van der Waals surface area contributed by atoms with Crippen LogP contribution in [0.25, 0.3) is 10.9 Å². The number of nitrogens with zero attached hydrogens (tertiary/aromatic N) is 1. The van der Waals surface area contributed by atoms with Crippen molar-refractivity contribution in [1.82, 2.24) is 10.3 Å². The van der Waals surface area contributed by atoms with Gasteiger partial charge in [0.15, 0.2) is 0 Å². The number of hydrogen-bond acceptors (Lipinski definition) is 3. The normalized spacial score (nSPS) is 14.5. The molecule has 21 heavy (non-hydrogen) atoms. The monoisotopic (exact) mass is 284 g/mol. The van der Waals surface area contributed by atoms with Gasteiger partial charge in [-0.25, -0.2) is 0 Å². The highest BCUT2D eigenvalue weighted by atomic mass is 16.5. The fourth-order valence-electron chi connectivity index (χ4n) is 2.55. The minimum absolute atomic E-state index is 0.783. The fourth-order valence-corrected chi connectivity index (χ4v) is 2.55. The zero-order valence-electron chi connectivity index (χ0n) is 12.6. The molecule has 1 aliphatic carbocycles. The van der Waals surface area contributed by atoms with E-state index in [-0.39, 0.29) is 0 Å². The first-order valence-corrected chi connectivity index (χ1v) is 8.13. The zero-order chi connectivity index (χ0) is 14.3. The minimum atomic E-state index is 0.783. The van der Waals surface area contributed by atoms with E-state index < -0.39 is 0 Å². The predicted molar refractivity (Wildman–Crippen MR) is 86.7 cm³/mol. The van der Waals surface area contributed by atoms with E-state index >= 15 is 0 Å². The van der Waals surface area contributed by atoms with Gasteiger partial charge in [-0.05, 0) is 44.4 Å². The van der Waals surface area contributed by atoms with Crippen LogP contribution in [0.2, 0.25) is 0 Å². The molecule has 1 aromatic heterocycles. The second-order valence-corrected chi connectivity index (χ2v) is 5.82. The average Bonchev–Trinajstić information content (AvgIpc) is 3.34. The van der Waals surface area contributed by atoms with E-state index in [1.807, 2.05) is 24.4 Å². The second kappa shape index (κ2) is 7.41. The number of unbranched alkanes of at least 4 members (excludes halogenated alkanes) is 3. The highest BCUT2D eigenvalue weighted by Gasteiger charge is 2.19. The van der Waals surface area contributed by atoms with E-state index in [4.69, 9.17) is 4.74 Å². The molecule has 112 valence electrons. The van der Waals surface area contributed by atoms with Crippen LogP contribution in [-0.2, 0) is 0 Å². The SMILES string of the molecule is c1cnc2c(OCCCCCCNC3CC3)cccc2c1. The molecule has 1 saturated carbocycles. The standard InChI is InChI=1S/C18H24N2O/c1(3-12-19-16-10-11-16)2-4-14-21-17-9-5-7-15-8-6-13-20-18(15)17/h5-9,13,16,19H,1-4,10-12,14H2. The maximum atomic E-state index is 5.90. The van der Waals surface area contributed by atoms with Gasteiger partial charge in [-0.3, -0.25) is 4.98 Å². The van der Waals surface area contributed by atoms with Crippen LogP contribution in [0.4, 0.5) is 0 Å². The van der Waals surface area contributed by atoms with Gasteiger partial charge in [0.1, 0.15) is 11.3 Å². The molecule has 1 fully saturated rings. The number of para-hydroxylation sites is 1. The van der Waals surface area contributed by atoms with Gasteiger partial charge in [0, 0.05) is 17.6 Å². The first-order chi connectivity index (χ1) is 10.4. The summed E-state index contributed by atoms with van der Waals surface area (Å²) in [7, 11) is 0. The Balaban J connectivity index is 1.34. The smallest absolute Gasteiger partial charge is 0.145 e. The lowest BCUT2D eigenvalue weighted by Crippen LogP contribution is -2.17. The highest BCUT2D eigenvalue weighted by Crippen LogP contribution is 2.23. The Bertz CT molecular complexity index is 561. The third-order valence-corrected chi connectivity index (χ3v) is 3.93. The number of pyridine rings is 1. The van der Waals surface area contributed by atoms with Crippen LogP contribution < -0.4 is 10.1 Å². The van der Waals surface area contributed by atoms with Gasteiger partial charge in [-0.1, -0.05) is 31.0 Å². The van der Waals surface area contributed by atoms with Crippen LogP contribution in [0.5, 0.6) is 5.75 Å². The third kappa shape index (κ3) is 4.43. The van der Waals surface area contributed by atoms with Gasteiger partial charge in [0.05, 0.1) is 6.61 Å². The van der Waals surface area contributed by atoms with E-state index in [0.29, 0.717) is 0 Å².